The minimum absolute atomic E-state index is 0.356. The summed E-state index contributed by atoms with van der Waals surface area (Å²) < 4.78 is 0. The fourth-order valence-corrected chi connectivity index (χ4v) is 2.63. The van der Waals surface area contributed by atoms with E-state index in [0.717, 1.165) is 18.3 Å². The summed E-state index contributed by atoms with van der Waals surface area (Å²) in [6.45, 7) is 0.356. The Morgan fingerprint density at radius 3 is 2.67 bits per heavy atom. The van der Waals surface area contributed by atoms with Crippen LogP contribution in [-0.2, 0) is 0 Å². The van der Waals surface area contributed by atoms with Crippen LogP contribution in [0.1, 0.15) is 43.6 Å². The number of hydrogen-bond acceptors (Lipinski definition) is 1. The van der Waals surface area contributed by atoms with Gasteiger partial charge in [-0.1, -0.05) is 24.3 Å². The van der Waals surface area contributed by atoms with Crippen LogP contribution in [0.15, 0.2) is 24.3 Å². The molecule has 0 heterocycles. The molecular weight excluding hydrogens is 184 g/mol. The van der Waals surface area contributed by atoms with Crippen LogP contribution in [0.2, 0.25) is 0 Å². The molecule has 0 saturated heterocycles. The van der Waals surface area contributed by atoms with Gasteiger partial charge in [-0.05, 0) is 55.6 Å². The maximum absolute atomic E-state index is 8.90. The van der Waals surface area contributed by atoms with Crippen molar-refractivity contribution in [3.63, 3.8) is 0 Å². The molecule has 2 rings (SSSR count). The minimum Gasteiger partial charge on any atom is -0.396 e. The Hall–Kier alpha value is -0.820. The van der Waals surface area contributed by atoms with Gasteiger partial charge in [-0.3, -0.25) is 0 Å². The quantitative estimate of drug-likeness (QED) is 0.800. The van der Waals surface area contributed by atoms with E-state index >= 15 is 0 Å². The van der Waals surface area contributed by atoms with Crippen LogP contribution in [0.3, 0.4) is 0 Å². The monoisotopic (exact) mass is 203 g/mol. The summed E-state index contributed by atoms with van der Waals surface area (Å²) in [6, 6.07) is 11.5. The second kappa shape index (κ2) is 5.32. The molecular formula is C14H19O. The van der Waals surface area contributed by atoms with Crippen LogP contribution in [0.5, 0.6) is 0 Å². The third-order valence-corrected chi connectivity index (χ3v) is 3.59. The molecule has 1 N–H and O–H groups in total. The third kappa shape index (κ3) is 2.82. The largest absolute Gasteiger partial charge is 0.396 e. The minimum atomic E-state index is 0.356. The zero-order chi connectivity index (χ0) is 10.5. The highest BCUT2D eigenvalue weighted by molar-refractivity contribution is 5.19. The average molecular weight is 203 g/mol. The van der Waals surface area contributed by atoms with Crippen molar-refractivity contribution in [3.05, 3.63) is 35.9 Å². The highest BCUT2D eigenvalue weighted by atomic mass is 16.3. The van der Waals surface area contributed by atoms with Crippen molar-refractivity contribution in [2.45, 2.75) is 38.0 Å². The number of aliphatic hydroxyl groups excluding tert-OH is 1. The topological polar surface area (TPSA) is 20.2 Å². The highest BCUT2D eigenvalue weighted by Gasteiger charge is 2.21. The molecule has 0 aromatic heterocycles. The van der Waals surface area contributed by atoms with Crippen LogP contribution in [0, 0.1) is 12.0 Å². The predicted molar refractivity (Wildman–Crippen MR) is 61.7 cm³/mol. The van der Waals surface area contributed by atoms with Crippen LogP contribution in [0.4, 0.5) is 0 Å². The van der Waals surface area contributed by atoms with Gasteiger partial charge in [0, 0.05) is 6.61 Å². The molecule has 1 aromatic carbocycles. The summed E-state index contributed by atoms with van der Waals surface area (Å²) >= 11 is 0. The molecule has 15 heavy (non-hydrogen) atoms. The molecule has 1 nitrogen and oxygen atoms in total. The molecule has 0 bridgehead atoms. The molecule has 0 amide bonds. The van der Waals surface area contributed by atoms with E-state index in [2.05, 4.69) is 24.3 Å². The molecule has 1 radical (unpaired) electrons. The highest BCUT2D eigenvalue weighted by Crippen LogP contribution is 2.36. The van der Waals surface area contributed by atoms with E-state index in [1.54, 1.807) is 0 Å². The van der Waals surface area contributed by atoms with Gasteiger partial charge < -0.3 is 5.11 Å². The van der Waals surface area contributed by atoms with Crippen molar-refractivity contribution in [3.8, 4) is 0 Å². The maximum Gasteiger partial charge on any atom is 0.0433 e. The second-order valence-corrected chi connectivity index (χ2v) is 4.57. The number of benzene rings is 1. The van der Waals surface area contributed by atoms with E-state index in [4.69, 9.17) is 5.11 Å². The van der Waals surface area contributed by atoms with E-state index in [9.17, 15) is 0 Å². The number of rotatable bonds is 3. The Morgan fingerprint density at radius 1 is 1.27 bits per heavy atom. The zero-order valence-corrected chi connectivity index (χ0v) is 9.15. The lowest BCUT2D eigenvalue weighted by Gasteiger charge is -2.28. The molecule has 0 atom stereocenters. The van der Waals surface area contributed by atoms with Crippen LogP contribution in [-0.4, -0.2) is 11.7 Å². The summed E-state index contributed by atoms with van der Waals surface area (Å²) in [4.78, 5) is 0. The summed E-state index contributed by atoms with van der Waals surface area (Å²) in [5.41, 5.74) is 1.44. The van der Waals surface area contributed by atoms with Gasteiger partial charge in [-0.25, -0.2) is 0 Å². The first-order valence-corrected chi connectivity index (χ1v) is 5.97. The van der Waals surface area contributed by atoms with Crippen LogP contribution < -0.4 is 0 Å². The fraction of sp³-hybridized carbons (Fsp3) is 0.571. The normalized spacial score (nSPS) is 26.5. The number of aliphatic hydroxyl groups is 1. The van der Waals surface area contributed by atoms with Gasteiger partial charge in [-0.2, -0.15) is 0 Å². The van der Waals surface area contributed by atoms with Gasteiger partial charge in [0.05, 0.1) is 0 Å². The SMILES string of the molecule is OCCC1CCC(c2c[c]ccc2)CC1. The number of hydrogen-bond donors (Lipinski definition) is 1. The molecule has 1 saturated carbocycles. The fourth-order valence-electron chi connectivity index (χ4n) is 2.63. The molecule has 0 aliphatic heterocycles. The van der Waals surface area contributed by atoms with Gasteiger partial charge in [0.2, 0.25) is 0 Å². The summed E-state index contributed by atoms with van der Waals surface area (Å²) in [5, 5.41) is 8.90. The zero-order valence-electron chi connectivity index (χ0n) is 9.15. The van der Waals surface area contributed by atoms with Gasteiger partial charge in [-0.15, -0.1) is 0 Å². The Morgan fingerprint density at radius 2 is 2.07 bits per heavy atom. The van der Waals surface area contributed by atoms with E-state index in [-0.39, 0.29) is 0 Å². The second-order valence-electron chi connectivity index (χ2n) is 4.57. The lowest BCUT2D eigenvalue weighted by molar-refractivity contribution is 0.222. The van der Waals surface area contributed by atoms with Crippen molar-refractivity contribution in [1.29, 1.82) is 0 Å². The van der Waals surface area contributed by atoms with Crippen molar-refractivity contribution >= 4 is 0 Å². The Bertz CT molecular complexity index is 273. The van der Waals surface area contributed by atoms with E-state index in [1.807, 2.05) is 6.07 Å². The standard InChI is InChI=1S/C14H19O/c15-11-10-12-6-8-14(9-7-12)13-4-2-1-3-5-13/h1-2,4-5,12,14-15H,6-11H2. The lowest BCUT2D eigenvalue weighted by Crippen LogP contribution is -2.14. The molecule has 1 aliphatic rings. The van der Waals surface area contributed by atoms with Gasteiger partial charge >= 0.3 is 0 Å². The van der Waals surface area contributed by atoms with Gasteiger partial charge in [0.25, 0.3) is 0 Å². The van der Waals surface area contributed by atoms with Crippen molar-refractivity contribution in [2.75, 3.05) is 6.61 Å². The Labute approximate surface area is 92.1 Å². The predicted octanol–water partition coefficient (Wildman–Crippen LogP) is 3.14. The molecule has 81 valence electrons. The van der Waals surface area contributed by atoms with Gasteiger partial charge in [0.1, 0.15) is 0 Å². The van der Waals surface area contributed by atoms with E-state index in [1.165, 1.54) is 31.2 Å². The van der Waals surface area contributed by atoms with Crippen molar-refractivity contribution < 1.29 is 5.11 Å². The summed E-state index contributed by atoms with van der Waals surface area (Å²) in [5.74, 6) is 1.50. The third-order valence-electron chi connectivity index (χ3n) is 3.59. The first-order valence-electron chi connectivity index (χ1n) is 5.97. The molecule has 0 spiro atoms. The Balaban J connectivity index is 1.88. The van der Waals surface area contributed by atoms with Crippen molar-refractivity contribution in [1.82, 2.24) is 0 Å². The first kappa shape index (κ1) is 10.7. The lowest BCUT2D eigenvalue weighted by atomic mass is 9.78. The molecule has 1 aromatic rings. The van der Waals surface area contributed by atoms with E-state index in [0.29, 0.717) is 6.61 Å². The molecule has 1 heteroatoms. The molecule has 0 unspecified atom stereocenters. The molecule has 1 aliphatic carbocycles. The maximum atomic E-state index is 8.90. The van der Waals surface area contributed by atoms with Crippen LogP contribution >= 0.6 is 0 Å². The smallest absolute Gasteiger partial charge is 0.0433 e. The average Bonchev–Trinajstić information content (AvgIpc) is 2.32. The van der Waals surface area contributed by atoms with Crippen molar-refractivity contribution in [2.24, 2.45) is 5.92 Å². The Kier molecular flexibility index (Phi) is 3.79. The van der Waals surface area contributed by atoms with Crippen LogP contribution in [0.25, 0.3) is 0 Å². The van der Waals surface area contributed by atoms with E-state index < -0.39 is 0 Å². The molecule has 1 fully saturated rings. The summed E-state index contributed by atoms with van der Waals surface area (Å²) in [6.07, 6.45) is 6.11. The van der Waals surface area contributed by atoms with Gasteiger partial charge in [0.15, 0.2) is 0 Å². The summed E-state index contributed by atoms with van der Waals surface area (Å²) in [7, 11) is 0. The first-order chi connectivity index (χ1) is 7.40.